The summed E-state index contributed by atoms with van der Waals surface area (Å²) in [4.78, 5) is 0. The van der Waals surface area contributed by atoms with E-state index in [2.05, 4.69) is 57.2 Å². The third kappa shape index (κ3) is 3.49. The van der Waals surface area contributed by atoms with Crippen LogP contribution in [0.3, 0.4) is 0 Å². The number of benzene rings is 2. The fraction of sp³-hybridized carbons (Fsp3) is 0.350. The second-order valence-electron chi connectivity index (χ2n) is 5.75. The molecule has 2 heteroatoms. The highest BCUT2D eigenvalue weighted by molar-refractivity contribution is 5.42. The number of rotatable bonds is 5. The lowest BCUT2D eigenvalue weighted by Gasteiger charge is -2.16. The van der Waals surface area contributed by atoms with Gasteiger partial charge >= 0.3 is 0 Å². The summed E-state index contributed by atoms with van der Waals surface area (Å²) in [5.41, 5.74) is 5.85. The van der Waals surface area contributed by atoms with Crippen molar-refractivity contribution >= 4 is 0 Å². The van der Waals surface area contributed by atoms with Crippen molar-refractivity contribution in [2.75, 3.05) is 7.11 Å². The van der Waals surface area contributed by atoms with Crippen LogP contribution in [-0.2, 0) is 12.8 Å². The molecule has 0 radical (unpaired) electrons. The maximum absolute atomic E-state index is 9.66. The molecule has 0 amide bonds. The monoisotopic (exact) mass is 293 g/mol. The van der Waals surface area contributed by atoms with Gasteiger partial charge in [-0.05, 0) is 55.0 Å². The van der Waals surface area contributed by atoms with E-state index in [0.717, 1.165) is 23.3 Å². The predicted octanol–water partition coefficient (Wildman–Crippen LogP) is 4.72. The van der Waals surface area contributed by atoms with E-state index < -0.39 is 0 Å². The first-order chi connectivity index (χ1) is 10.6. The first-order valence-electron chi connectivity index (χ1n) is 7.71. The lowest BCUT2D eigenvalue weighted by Crippen LogP contribution is -2.05. The Kier molecular flexibility index (Phi) is 5.22. The fourth-order valence-electron chi connectivity index (χ4n) is 2.79. The number of ether oxygens (including phenoxy) is 1. The molecule has 0 aliphatic rings. The highest BCUT2D eigenvalue weighted by Gasteiger charge is 2.17. The van der Waals surface area contributed by atoms with Gasteiger partial charge in [0, 0.05) is 0 Å². The topological polar surface area (TPSA) is 33.0 Å². The van der Waals surface area contributed by atoms with Gasteiger partial charge in [-0.2, -0.15) is 5.26 Å². The lowest BCUT2D eigenvalue weighted by atomic mass is 9.88. The number of nitrogens with zero attached hydrogens (tertiary/aromatic N) is 1. The van der Waals surface area contributed by atoms with Crippen LogP contribution in [0.2, 0.25) is 0 Å². The number of hydrogen-bond acceptors (Lipinski definition) is 2. The van der Waals surface area contributed by atoms with Crippen LogP contribution in [0.1, 0.15) is 40.7 Å². The minimum atomic E-state index is -0.152. The molecule has 0 aliphatic carbocycles. The zero-order valence-corrected chi connectivity index (χ0v) is 13.8. The normalized spacial score (nSPS) is 11.8. The molecule has 0 spiro atoms. The van der Waals surface area contributed by atoms with Crippen molar-refractivity contribution in [1.82, 2.24) is 0 Å². The van der Waals surface area contributed by atoms with E-state index in [0.29, 0.717) is 6.42 Å². The number of methoxy groups -OCH3 is 1. The maximum Gasteiger partial charge on any atom is 0.122 e. The standard InChI is InChI=1S/C20H23NO/c1-5-16-8-9-20(22-4)17(11-16)12-18(13-21)19-10-14(2)6-7-15(19)3/h6-11,18H,5,12H2,1-4H3. The zero-order valence-electron chi connectivity index (χ0n) is 13.8. The third-order valence-electron chi connectivity index (χ3n) is 4.14. The van der Waals surface area contributed by atoms with Gasteiger partial charge in [-0.25, -0.2) is 0 Å². The van der Waals surface area contributed by atoms with E-state index in [4.69, 9.17) is 4.74 Å². The Labute approximate surface area is 133 Å². The van der Waals surface area contributed by atoms with Crippen LogP contribution in [0.25, 0.3) is 0 Å². The van der Waals surface area contributed by atoms with Crippen LogP contribution < -0.4 is 4.74 Å². The summed E-state index contributed by atoms with van der Waals surface area (Å²) in [6.45, 7) is 6.27. The van der Waals surface area contributed by atoms with Crippen LogP contribution in [0, 0.1) is 25.2 Å². The summed E-state index contributed by atoms with van der Waals surface area (Å²) < 4.78 is 5.47. The van der Waals surface area contributed by atoms with E-state index >= 15 is 0 Å². The number of hydrogen-bond donors (Lipinski definition) is 0. The van der Waals surface area contributed by atoms with Gasteiger partial charge in [0.05, 0.1) is 19.1 Å². The van der Waals surface area contributed by atoms with Crippen molar-refractivity contribution in [2.45, 2.75) is 39.5 Å². The molecule has 0 aromatic heterocycles. The molecule has 1 atom stereocenters. The second-order valence-corrected chi connectivity index (χ2v) is 5.75. The third-order valence-corrected chi connectivity index (χ3v) is 4.14. The molecule has 2 nitrogen and oxygen atoms in total. The average molecular weight is 293 g/mol. The van der Waals surface area contributed by atoms with Crippen molar-refractivity contribution in [2.24, 2.45) is 0 Å². The van der Waals surface area contributed by atoms with E-state index in [1.54, 1.807) is 7.11 Å². The van der Waals surface area contributed by atoms with Gasteiger partial charge in [-0.3, -0.25) is 0 Å². The van der Waals surface area contributed by atoms with Crippen LogP contribution in [0.4, 0.5) is 0 Å². The molecule has 2 aromatic rings. The van der Waals surface area contributed by atoms with E-state index in [9.17, 15) is 5.26 Å². The van der Waals surface area contributed by atoms with Crippen molar-refractivity contribution in [3.8, 4) is 11.8 Å². The molecule has 2 rings (SSSR count). The van der Waals surface area contributed by atoms with Gasteiger partial charge in [0.25, 0.3) is 0 Å². The van der Waals surface area contributed by atoms with Crippen molar-refractivity contribution in [3.63, 3.8) is 0 Å². The first-order valence-corrected chi connectivity index (χ1v) is 7.71. The molecule has 0 fully saturated rings. The molecule has 0 N–H and O–H groups in total. The molecular formula is C20H23NO. The zero-order chi connectivity index (χ0) is 16.1. The van der Waals surface area contributed by atoms with Crippen molar-refractivity contribution in [1.29, 1.82) is 5.26 Å². The van der Waals surface area contributed by atoms with Crippen LogP contribution in [0.5, 0.6) is 5.75 Å². The SMILES string of the molecule is CCc1ccc(OC)c(CC(C#N)c2cc(C)ccc2C)c1. The Morgan fingerprint density at radius 3 is 2.55 bits per heavy atom. The van der Waals surface area contributed by atoms with Gasteiger partial charge < -0.3 is 4.74 Å². The first kappa shape index (κ1) is 16.1. The predicted molar refractivity (Wildman–Crippen MR) is 90.3 cm³/mol. The molecule has 0 saturated heterocycles. The van der Waals surface area contributed by atoms with E-state index in [1.807, 2.05) is 6.07 Å². The molecule has 114 valence electrons. The van der Waals surface area contributed by atoms with Crippen LogP contribution in [-0.4, -0.2) is 7.11 Å². The van der Waals surface area contributed by atoms with Gasteiger partial charge in [0.1, 0.15) is 5.75 Å². The Morgan fingerprint density at radius 2 is 1.91 bits per heavy atom. The van der Waals surface area contributed by atoms with Gasteiger partial charge in [0.15, 0.2) is 0 Å². The minimum Gasteiger partial charge on any atom is -0.496 e. The molecule has 1 unspecified atom stereocenters. The molecule has 0 aliphatic heterocycles. The quantitative estimate of drug-likeness (QED) is 0.798. The summed E-state index contributed by atoms with van der Waals surface area (Å²) in [7, 11) is 1.68. The van der Waals surface area contributed by atoms with Crippen molar-refractivity contribution in [3.05, 3.63) is 64.2 Å². The highest BCUT2D eigenvalue weighted by atomic mass is 16.5. The number of aryl methyl sites for hydroxylation is 3. The Bertz CT molecular complexity index is 697. The Hall–Kier alpha value is -2.27. The average Bonchev–Trinajstić information content (AvgIpc) is 2.54. The maximum atomic E-state index is 9.66. The summed E-state index contributed by atoms with van der Waals surface area (Å²) >= 11 is 0. The molecule has 2 aromatic carbocycles. The Morgan fingerprint density at radius 1 is 1.14 bits per heavy atom. The van der Waals surface area contributed by atoms with E-state index in [-0.39, 0.29) is 5.92 Å². The molecular weight excluding hydrogens is 270 g/mol. The molecule has 22 heavy (non-hydrogen) atoms. The fourth-order valence-corrected chi connectivity index (χ4v) is 2.79. The van der Waals surface area contributed by atoms with E-state index in [1.165, 1.54) is 16.7 Å². The van der Waals surface area contributed by atoms with Gasteiger partial charge in [-0.1, -0.05) is 42.8 Å². The van der Waals surface area contributed by atoms with Crippen molar-refractivity contribution < 1.29 is 4.74 Å². The molecule has 0 bridgehead atoms. The lowest BCUT2D eigenvalue weighted by molar-refractivity contribution is 0.409. The smallest absolute Gasteiger partial charge is 0.122 e. The van der Waals surface area contributed by atoms with Gasteiger partial charge in [0.2, 0.25) is 0 Å². The summed E-state index contributed by atoms with van der Waals surface area (Å²) in [5, 5.41) is 9.66. The van der Waals surface area contributed by atoms with Crippen LogP contribution in [0.15, 0.2) is 36.4 Å². The van der Waals surface area contributed by atoms with Crippen LogP contribution >= 0.6 is 0 Å². The number of nitriles is 1. The summed E-state index contributed by atoms with van der Waals surface area (Å²) in [6, 6.07) is 15.0. The Balaban J connectivity index is 2.39. The van der Waals surface area contributed by atoms with Gasteiger partial charge in [-0.15, -0.1) is 0 Å². The summed E-state index contributed by atoms with van der Waals surface area (Å²) in [5.74, 6) is 0.712. The second kappa shape index (κ2) is 7.13. The molecule has 0 saturated carbocycles. The largest absolute Gasteiger partial charge is 0.496 e. The highest BCUT2D eigenvalue weighted by Crippen LogP contribution is 2.29. The molecule has 0 heterocycles. The minimum absolute atomic E-state index is 0.152. The summed E-state index contributed by atoms with van der Waals surface area (Å²) in [6.07, 6.45) is 1.66.